The zero-order valence-electron chi connectivity index (χ0n) is 13.0. The zero-order chi connectivity index (χ0) is 18.8. The van der Waals surface area contributed by atoms with Crippen molar-refractivity contribution >= 4 is 44.1 Å². The van der Waals surface area contributed by atoms with Crippen molar-refractivity contribution in [2.24, 2.45) is 0 Å². The van der Waals surface area contributed by atoms with E-state index >= 15 is 0 Å². The highest BCUT2D eigenvalue weighted by molar-refractivity contribution is 9.10. The highest BCUT2D eigenvalue weighted by Crippen LogP contribution is 2.36. The predicted octanol–water partition coefficient (Wildman–Crippen LogP) is 4.97. The Morgan fingerprint density at radius 1 is 1.12 bits per heavy atom. The number of phenolic OH excluding ortho intramolecular Hbond substituents is 1. The predicted molar refractivity (Wildman–Crippen MR) is 100 cm³/mol. The molecule has 0 fully saturated rings. The average molecular weight is 436 g/mol. The number of thiophene rings is 1. The van der Waals surface area contributed by atoms with Gasteiger partial charge in [-0.2, -0.15) is 0 Å². The van der Waals surface area contributed by atoms with Crippen molar-refractivity contribution in [2.45, 2.75) is 0 Å². The molecule has 0 saturated carbocycles. The normalized spacial score (nSPS) is 10.5. The van der Waals surface area contributed by atoms with Crippen LogP contribution in [0.5, 0.6) is 5.75 Å². The zero-order valence-corrected chi connectivity index (χ0v) is 15.4. The van der Waals surface area contributed by atoms with E-state index in [1.165, 1.54) is 0 Å². The van der Waals surface area contributed by atoms with Crippen molar-refractivity contribution in [1.29, 1.82) is 0 Å². The minimum absolute atomic E-state index is 0.0680. The summed E-state index contributed by atoms with van der Waals surface area (Å²) >= 11 is 4.35. The van der Waals surface area contributed by atoms with Crippen LogP contribution in [0.3, 0.4) is 0 Å². The van der Waals surface area contributed by atoms with Gasteiger partial charge in [0.05, 0.1) is 5.56 Å². The first-order chi connectivity index (χ1) is 12.4. The second kappa shape index (κ2) is 7.27. The molecule has 3 aromatic rings. The Bertz CT molecular complexity index is 1000. The number of anilines is 1. The maximum atomic E-state index is 13.3. The van der Waals surface area contributed by atoms with Gasteiger partial charge >= 0.3 is 5.97 Å². The first kappa shape index (κ1) is 18.1. The molecule has 0 bridgehead atoms. The number of nitrogens with one attached hydrogen (secondary N) is 1. The molecular formula is C18H11BrFNO4S. The number of carboxylic acids is 1. The van der Waals surface area contributed by atoms with Gasteiger partial charge in [0.25, 0.3) is 5.91 Å². The highest BCUT2D eigenvalue weighted by Gasteiger charge is 2.22. The lowest BCUT2D eigenvalue weighted by Gasteiger charge is -2.07. The Labute approximate surface area is 159 Å². The standard InChI is InChI=1S/C18H11BrFNO4S/c19-10-3-1-9(2-4-10)13-8-26-17(15(13)18(24)25)21-16(23)12-7-11(20)5-6-14(12)22/h1-8,22H,(H,21,23)(H,24,25). The van der Waals surface area contributed by atoms with E-state index in [0.717, 1.165) is 34.0 Å². The second-order valence-electron chi connectivity index (χ2n) is 5.28. The number of carboxylic acid groups (broad SMARTS) is 1. The van der Waals surface area contributed by atoms with Crippen molar-refractivity contribution in [3.63, 3.8) is 0 Å². The fourth-order valence-corrected chi connectivity index (χ4v) is 3.59. The van der Waals surface area contributed by atoms with Crippen molar-refractivity contribution < 1.29 is 24.2 Å². The number of hydrogen-bond donors (Lipinski definition) is 3. The number of carbonyl (C=O) groups excluding carboxylic acids is 1. The Balaban J connectivity index is 1.98. The van der Waals surface area contributed by atoms with E-state index in [1.807, 2.05) is 0 Å². The van der Waals surface area contributed by atoms with Crippen molar-refractivity contribution in [1.82, 2.24) is 0 Å². The van der Waals surface area contributed by atoms with Gasteiger partial charge in [-0.1, -0.05) is 28.1 Å². The third-order valence-corrected chi connectivity index (χ3v) is 5.01. The summed E-state index contributed by atoms with van der Waals surface area (Å²) < 4.78 is 14.2. The molecule has 1 aromatic heterocycles. The van der Waals surface area contributed by atoms with Crippen molar-refractivity contribution in [3.05, 3.63) is 69.3 Å². The van der Waals surface area contributed by atoms with Crippen LogP contribution in [0.15, 0.2) is 52.3 Å². The molecule has 3 rings (SSSR count). The van der Waals surface area contributed by atoms with Crippen LogP contribution < -0.4 is 5.32 Å². The van der Waals surface area contributed by atoms with Gasteiger partial charge in [0.1, 0.15) is 22.1 Å². The van der Waals surface area contributed by atoms with Crippen molar-refractivity contribution in [3.8, 4) is 16.9 Å². The molecule has 0 aliphatic carbocycles. The summed E-state index contributed by atoms with van der Waals surface area (Å²) in [5.41, 5.74) is 0.784. The van der Waals surface area contributed by atoms with E-state index in [9.17, 15) is 24.2 Å². The minimum atomic E-state index is -1.21. The van der Waals surface area contributed by atoms with Gasteiger partial charge in [0.2, 0.25) is 0 Å². The van der Waals surface area contributed by atoms with Gasteiger partial charge in [-0.25, -0.2) is 9.18 Å². The van der Waals surface area contributed by atoms with Crippen LogP contribution in [0.2, 0.25) is 0 Å². The van der Waals surface area contributed by atoms with Gasteiger partial charge in [0, 0.05) is 15.4 Å². The summed E-state index contributed by atoms with van der Waals surface area (Å²) in [5.74, 6) is -3.09. The third kappa shape index (κ3) is 3.61. The Morgan fingerprint density at radius 2 is 1.81 bits per heavy atom. The number of benzene rings is 2. The molecule has 0 unspecified atom stereocenters. The molecule has 0 aliphatic rings. The van der Waals surface area contributed by atoms with Gasteiger partial charge < -0.3 is 15.5 Å². The molecular weight excluding hydrogens is 425 g/mol. The lowest BCUT2D eigenvalue weighted by atomic mass is 10.0. The van der Waals surface area contributed by atoms with Crippen LogP contribution in [-0.4, -0.2) is 22.1 Å². The lowest BCUT2D eigenvalue weighted by Crippen LogP contribution is -2.14. The quantitative estimate of drug-likeness (QED) is 0.539. The van der Waals surface area contributed by atoms with Gasteiger partial charge in [-0.05, 0) is 35.9 Å². The molecule has 3 N–H and O–H groups in total. The molecule has 8 heteroatoms. The van der Waals surface area contributed by atoms with E-state index in [2.05, 4.69) is 21.2 Å². The second-order valence-corrected chi connectivity index (χ2v) is 7.08. The fourth-order valence-electron chi connectivity index (χ4n) is 2.36. The summed E-state index contributed by atoms with van der Waals surface area (Å²) in [4.78, 5) is 24.0. The van der Waals surface area contributed by atoms with Crippen molar-refractivity contribution in [2.75, 3.05) is 5.32 Å². The Kier molecular flexibility index (Phi) is 5.06. The smallest absolute Gasteiger partial charge is 0.339 e. The maximum Gasteiger partial charge on any atom is 0.339 e. The summed E-state index contributed by atoms with van der Waals surface area (Å²) in [7, 11) is 0. The van der Waals surface area contributed by atoms with E-state index in [0.29, 0.717) is 11.1 Å². The van der Waals surface area contributed by atoms with Gasteiger partial charge in [-0.15, -0.1) is 11.3 Å². The molecule has 5 nitrogen and oxygen atoms in total. The first-order valence-corrected chi connectivity index (χ1v) is 8.94. The molecule has 0 aliphatic heterocycles. The van der Waals surface area contributed by atoms with E-state index in [-0.39, 0.29) is 16.1 Å². The van der Waals surface area contributed by atoms with E-state index < -0.39 is 23.4 Å². The van der Waals surface area contributed by atoms with Crippen LogP contribution in [0.1, 0.15) is 20.7 Å². The van der Waals surface area contributed by atoms with Crippen LogP contribution in [-0.2, 0) is 0 Å². The topological polar surface area (TPSA) is 86.6 Å². The molecule has 0 saturated heterocycles. The van der Waals surface area contributed by atoms with E-state index in [1.54, 1.807) is 29.6 Å². The Hall–Kier alpha value is -2.71. The molecule has 1 amide bonds. The largest absolute Gasteiger partial charge is 0.507 e. The van der Waals surface area contributed by atoms with E-state index in [4.69, 9.17) is 0 Å². The summed E-state index contributed by atoms with van der Waals surface area (Å²) in [6.45, 7) is 0. The number of phenols is 1. The van der Waals surface area contributed by atoms with Crippen LogP contribution in [0.4, 0.5) is 9.39 Å². The Morgan fingerprint density at radius 3 is 2.46 bits per heavy atom. The SMILES string of the molecule is O=C(Nc1scc(-c2ccc(Br)cc2)c1C(=O)O)c1cc(F)ccc1O. The van der Waals surface area contributed by atoms with Crippen LogP contribution in [0.25, 0.3) is 11.1 Å². The monoisotopic (exact) mass is 435 g/mol. The number of carbonyl (C=O) groups is 2. The van der Waals surface area contributed by atoms with Gasteiger partial charge in [-0.3, -0.25) is 4.79 Å². The number of aromatic carboxylic acids is 1. The highest BCUT2D eigenvalue weighted by atomic mass is 79.9. The molecule has 132 valence electrons. The van der Waals surface area contributed by atoms with Crippen LogP contribution >= 0.6 is 27.3 Å². The molecule has 1 heterocycles. The number of hydrogen-bond acceptors (Lipinski definition) is 4. The van der Waals surface area contributed by atoms with Gasteiger partial charge in [0.15, 0.2) is 0 Å². The number of aromatic hydroxyl groups is 1. The fraction of sp³-hybridized carbons (Fsp3) is 0. The lowest BCUT2D eigenvalue weighted by molar-refractivity contribution is 0.0699. The minimum Gasteiger partial charge on any atom is -0.507 e. The summed E-state index contributed by atoms with van der Waals surface area (Å²) in [6.07, 6.45) is 0. The first-order valence-electron chi connectivity index (χ1n) is 7.27. The number of halogens is 2. The average Bonchev–Trinajstić information content (AvgIpc) is 3.01. The molecule has 0 atom stereocenters. The molecule has 26 heavy (non-hydrogen) atoms. The number of amides is 1. The summed E-state index contributed by atoms with van der Waals surface area (Å²) in [5, 5.41) is 23.5. The number of rotatable bonds is 4. The third-order valence-electron chi connectivity index (χ3n) is 3.59. The maximum absolute atomic E-state index is 13.3. The molecule has 0 radical (unpaired) electrons. The summed E-state index contributed by atoms with van der Waals surface area (Å²) in [6, 6.07) is 10.0. The van der Waals surface area contributed by atoms with Crippen LogP contribution in [0, 0.1) is 5.82 Å². The molecule has 2 aromatic carbocycles. The molecule has 0 spiro atoms.